The summed E-state index contributed by atoms with van der Waals surface area (Å²) in [5.74, 6) is 0.315. The first-order valence-electron chi connectivity index (χ1n) is 3.27. The Morgan fingerprint density at radius 2 is 2.33 bits per heavy atom. The Hall–Kier alpha value is -1.42. The molecule has 2 rings (SSSR count). The van der Waals surface area contributed by atoms with Crippen LogP contribution in [0.5, 0.6) is 0 Å². The van der Waals surface area contributed by atoms with E-state index in [0.29, 0.717) is 5.78 Å². The first kappa shape index (κ1) is 7.24. The standard InChI is InChI=1S/C7H4ClN3O/c8-5-4-6(12)11-3-1-2-9-7(11)10-5/h1-4H. The summed E-state index contributed by atoms with van der Waals surface area (Å²) in [6, 6.07) is 2.90. The third kappa shape index (κ3) is 1.06. The van der Waals surface area contributed by atoms with Crippen LogP contribution in [0.2, 0.25) is 5.15 Å². The molecule has 0 unspecified atom stereocenters. The van der Waals surface area contributed by atoms with Gasteiger partial charge in [-0.15, -0.1) is 0 Å². The molecule has 0 N–H and O–H groups in total. The number of halogens is 1. The lowest BCUT2D eigenvalue weighted by Gasteiger charge is -1.96. The van der Waals surface area contributed by atoms with Gasteiger partial charge in [0.05, 0.1) is 0 Å². The molecule has 2 aromatic heterocycles. The molecule has 0 bridgehead atoms. The van der Waals surface area contributed by atoms with E-state index >= 15 is 0 Å². The summed E-state index contributed by atoms with van der Waals surface area (Å²) in [6.07, 6.45) is 3.14. The molecule has 0 aliphatic rings. The molecule has 0 aliphatic carbocycles. The molecule has 60 valence electrons. The van der Waals surface area contributed by atoms with Gasteiger partial charge in [-0.05, 0) is 6.07 Å². The second-order valence-electron chi connectivity index (χ2n) is 2.21. The van der Waals surface area contributed by atoms with Crippen molar-refractivity contribution < 1.29 is 0 Å². The van der Waals surface area contributed by atoms with Crippen molar-refractivity contribution in [3.63, 3.8) is 0 Å². The number of rotatable bonds is 0. The average Bonchev–Trinajstić information content (AvgIpc) is 2.04. The Kier molecular flexibility index (Phi) is 1.55. The van der Waals surface area contributed by atoms with Crippen LogP contribution in [0.4, 0.5) is 0 Å². The summed E-state index contributed by atoms with van der Waals surface area (Å²) < 4.78 is 1.33. The summed E-state index contributed by atoms with van der Waals surface area (Å²) in [5.41, 5.74) is -0.224. The molecule has 2 aromatic rings. The quantitative estimate of drug-likeness (QED) is 0.564. The van der Waals surface area contributed by atoms with Crippen LogP contribution in [-0.4, -0.2) is 14.4 Å². The lowest BCUT2D eigenvalue weighted by molar-refractivity contribution is 0.996. The molecular weight excluding hydrogens is 178 g/mol. The van der Waals surface area contributed by atoms with E-state index in [1.54, 1.807) is 18.5 Å². The van der Waals surface area contributed by atoms with Gasteiger partial charge in [-0.25, -0.2) is 9.97 Å². The summed E-state index contributed by atoms with van der Waals surface area (Å²) in [4.78, 5) is 18.9. The normalized spacial score (nSPS) is 10.4. The van der Waals surface area contributed by atoms with E-state index in [4.69, 9.17) is 11.6 Å². The number of nitrogens with zero attached hydrogens (tertiary/aromatic N) is 3. The fourth-order valence-corrected chi connectivity index (χ4v) is 1.09. The molecule has 0 saturated heterocycles. The molecule has 0 saturated carbocycles. The van der Waals surface area contributed by atoms with E-state index in [0.717, 1.165) is 0 Å². The minimum atomic E-state index is -0.224. The minimum Gasteiger partial charge on any atom is -0.269 e. The van der Waals surface area contributed by atoms with Gasteiger partial charge in [0.15, 0.2) is 0 Å². The first-order chi connectivity index (χ1) is 5.77. The molecule has 0 aliphatic heterocycles. The van der Waals surface area contributed by atoms with Gasteiger partial charge in [-0.1, -0.05) is 11.6 Å². The van der Waals surface area contributed by atoms with E-state index in [9.17, 15) is 4.79 Å². The van der Waals surface area contributed by atoms with Crippen molar-refractivity contribution in [1.29, 1.82) is 0 Å². The van der Waals surface area contributed by atoms with E-state index in [1.807, 2.05) is 0 Å². The fourth-order valence-electron chi connectivity index (χ4n) is 0.917. The van der Waals surface area contributed by atoms with E-state index in [1.165, 1.54) is 10.5 Å². The predicted molar refractivity (Wildman–Crippen MR) is 44.3 cm³/mol. The maximum Gasteiger partial charge on any atom is 0.260 e. The predicted octanol–water partition coefficient (Wildman–Crippen LogP) is 0.743. The molecule has 2 heterocycles. The van der Waals surface area contributed by atoms with Gasteiger partial charge in [0, 0.05) is 18.5 Å². The van der Waals surface area contributed by atoms with Crippen LogP contribution in [-0.2, 0) is 0 Å². The van der Waals surface area contributed by atoms with Crippen molar-refractivity contribution in [2.75, 3.05) is 0 Å². The van der Waals surface area contributed by atoms with E-state index < -0.39 is 0 Å². The maximum absolute atomic E-state index is 11.2. The highest BCUT2D eigenvalue weighted by atomic mass is 35.5. The van der Waals surface area contributed by atoms with Crippen LogP contribution in [0.15, 0.2) is 29.3 Å². The average molecular weight is 182 g/mol. The van der Waals surface area contributed by atoms with Gasteiger partial charge in [-0.2, -0.15) is 0 Å². The van der Waals surface area contributed by atoms with Gasteiger partial charge in [0.2, 0.25) is 5.78 Å². The largest absolute Gasteiger partial charge is 0.269 e. The number of hydrogen-bond donors (Lipinski definition) is 0. The summed E-state index contributed by atoms with van der Waals surface area (Å²) in [7, 11) is 0. The van der Waals surface area contributed by atoms with Crippen LogP contribution >= 0.6 is 11.6 Å². The molecule has 0 fully saturated rings. The molecule has 12 heavy (non-hydrogen) atoms. The number of fused-ring (bicyclic) bond motifs is 1. The van der Waals surface area contributed by atoms with Crippen LogP contribution in [0.3, 0.4) is 0 Å². The molecule has 0 amide bonds. The minimum absolute atomic E-state index is 0.165. The Balaban J connectivity index is 2.99. The third-order valence-corrected chi connectivity index (χ3v) is 1.61. The van der Waals surface area contributed by atoms with Gasteiger partial charge in [0.25, 0.3) is 5.56 Å². The Morgan fingerprint density at radius 1 is 1.50 bits per heavy atom. The van der Waals surface area contributed by atoms with Gasteiger partial charge < -0.3 is 0 Å². The van der Waals surface area contributed by atoms with Crippen molar-refractivity contribution in [2.45, 2.75) is 0 Å². The molecular formula is C7H4ClN3O. The number of hydrogen-bond acceptors (Lipinski definition) is 3. The van der Waals surface area contributed by atoms with Gasteiger partial charge in [-0.3, -0.25) is 9.20 Å². The van der Waals surface area contributed by atoms with Gasteiger partial charge in [0.1, 0.15) is 5.15 Å². The third-order valence-electron chi connectivity index (χ3n) is 1.41. The van der Waals surface area contributed by atoms with Crippen LogP contribution in [0, 0.1) is 0 Å². The smallest absolute Gasteiger partial charge is 0.260 e. The second-order valence-corrected chi connectivity index (χ2v) is 2.59. The van der Waals surface area contributed by atoms with Gasteiger partial charge >= 0.3 is 0 Å². The molecule has 0 atom stereocenters. The number of aromatic nitrogens is 3. The zero-order valence-corrected chi connectivity index (χ0v) is 6.69. The highest BCUT2D eigenvalue weighted by Gasteiger charge is 1.98. The van der Waals surface area contributed by atoms with Crippen LogP contribution < -0.4 is 5.56 Å². The van der Waals surface area contributed by atoms with E-state index in [2.05, 4.69) is 9.97 Å². The van der Waals surface area contributed by atoms with Crippen molar-refractivity contribution >= 4 is 17.4 Å². The first-order valence-corrected chi connectivity index (χ1v) is 3.65. The second kappa shape index (κ2) is 2.57. The lowest BCUT2D eigenvalue weighted by Crippen LogP contribution is -2.13. The zero-order chi connectivity index (χ0) is 8.55. The molecule has 0 spiro atoms. The van der Waals surface area contributed by atoms with Crippen LogP contribution in [0.1, 0.15) is 0 Å². The highest BCUT2D eigenvalue weighted by Crippen LogP contribution is 2.00. The van der Waals surface area contributed by atoms with Crippen molar-refractivity contribution in [3.05, 3.63) is 40.0 Å². The van der Waals surface area contributed by atoms with E-state index in [-0.39, 0.29) is 10.7 Å². The Bertz CT molecular complexity index is 479. The zero-order valence-electron chi connectivity index (χ0n) is 5.94. The van der Waals surface area contributed by atoms with Crippen LogP contribution in [0.25, 0.3) is 5.78 Å². The van der Waals surface area contributed by atoms with Crippen molar-refractivity contribution in [1.82, 2.24) is 14.4 Å². The molecule has 5 heteroatoms. The summed E-state index contributed by atoms with van der Waals surface area (Å²) in [5, 5.41) is 0.165. The Morgan fingerprint density at radius 3 is 3.17 bits per heavy atom. The lowest BCUT2D eigenvalue weighted by atomic mass is 10.6. The summed E-state index contributed by atoms with van der Waals surface area (Å²) in [6.45, 7) is 0. The van der Waals surface area contributed by atoms with Crippen molar-refractivity contribution in [2.24, 2.45) is 0 Å². The summed E-state index contributed by atoms with van der Waals surface area (Å²) >= 11 is 5.56. The molecule has 0 radical (unpaired) electrons. The fraction of sp³-hybridized carbons (Fsp3) is 0. The SMILES string of the molecule is O=c1cc(Cl)nc2ncccn12. The van der Waals surface area contributed by atoms with Crippen molar-refractivity contribution in [3.8, 4) is 0 Å². The molecule has 4 nitrogen and oxygen atoms in total. The molecule has 0 aromatic carbocycles. The monoisotopic (exact) mass is 181 g/mol. The highest BCUT2D eigenvalue weighted by molar-refractivity contribution is 6.29. The Labute approximate surface area is 72.5 Å². The maximum atomic E-state index is 11.2. The topological polar surface area (TPSA) is 47.3 Å².